The van der Waals surface area contributed by atoms with Gasteiger partial charge in [0.1, 0.15) is 23.2 Å². The zero-order chi connectivity index (χ0) is 19.3. The van der Waals surface area contributed by atoms with Crippen LogP contribution in [0.15, 0.2) is 35.6 Å². The summed E-state index contributed by atoms with van der Waals surface area (Å²) in [5, 5.41) is 5.39. The lowest BCUT2D eigenvalue weighted by Crippen LogP contribution is -2.29. The van der Waals surface area contributed by atoms with Crippen LogP contribution in [0.4, 0.5) is 0 Å². The van der Waals surface area contributed by atoms with Gasteiger partial charge in [-0.3, -0.25) is 14.0 Å². The Morgan fingerprint density at radius 1 is 1.25 bits per heavy atom. The molecule has 8 heteroatoms. The van der Waals surface area contributed by atoms with Crippen molar-refractivity contribution >= 4 is 33.0 Å². The lowest BCUT2D eigenvalue weighted by atomic mass is 9.97. The summed E-state index contributed by atoms with van der Waals surface area (Å²) >= 11 is 1.75. The first-order valence-electron chi connectivity index (χ1n) is 9.52. The molecule has 0 N–H and O–H groups in total. The van der Waals surface area contributed by atoms with Crippen LogP contribution in [0.5, 0.6) is 0 Å². The van der Waals surface area contributed by atoms with Crippen molar-refractivity contribution in [1.82, 2.24) is 18.7 Å². The molecule has 0 unspecified atom stereocenters. The SMILES string of the molecule is CCOC(=O)Cn1ncn2c(c(-n3cccc3)c3c4c(sc32)CCCC4)c1=O. The number of fused-ring (bicyclic) bond motifs is 5. The first-order chi connectivity index (χ1) is 13.7. The molecule has 0 aliphatic heterocycles. The molecular formula is C20H20N4O3S. The topological polar surface area (TPSA) is 70.5 Å². The molecule has 0 saturated carbocycles. The van der Waals surface area contributed by atoms with E-state index in [1.807, 2.05) is 33.5 Å². The van der Waals surface area contributed by atoms with E-state index >= 15 is 0 Å². The van der Waals surface area contributed by atoms with Gasteiger partial charge >= 0.3 is 5.97 Å². The van der Waals surface area contributed by atoms with Crippen LogP contribution in [0.3, 0.4) is 0 Å². The zero-order valence-corrected chi connectivity index (χ0v) is 16.4. The Morgan fingerprint density at radius 3 is 2.82 bits per heavy atom. The van der Waals surface area contributed by atoms with Gasteiger partial charge in [-0.2, -0.15) is 5.10 Å². The Balaban J connectivity index is 1.82. The van der Waals surface area contributed by atoms with Gasteiger partial charge in [0, 0.05) is 22.7 Å². The van der Waals surface area contributed by atoms with Crippen molar-refractivity contribution in [2.75, 3.05) is 6.61 Å². The van der Waals surface area contributed by atoms with Gasteiger partial charge in [-0.05, 0) is 50.3 Å². The molecule has 0 saturated heterocycles. The van der Waals surface area contributed by atoms with E-state index in [2.05, 4.69) is 5.10 Å². The summed E-state index contributed by atoms with van der Waals surface area (Å²) in [4.78, 5) is 27.6. The smallest absolute Gasteiger partial charge is 0.327 e. The van der Waals surface area contributed by atoms with Gasteiger partial charge in [0.25, 0.3) is 5.56 Å². The summed E-state index contributed by atoms with van der Waals surface area (Å²) in [7, 11) is 0. The molecule has 0 fully saturated rings. The number of carbonyl (C=O) groups is 1. The molecule has 0 radical (unpaired) electrons. The summed E-state index contributed by atoms with van der Waals surface area (Å²) in [5.41, 5.74) is 2.50. The highest BCUT2D eigenvalue weighted by atomic mass is 32.1. The van der Waals surface area contributed by atoms with E-state index in [1.165, 1.54) is 28.0 Å². The predicted octanol–water partition coefficient (Wildman–Crippen LogP) is 2.94. The van der Waals surface area contributed by atoms with Crippen molar-refractivity contribution in [3.05, 3.63) is 51.6 Å². The predicted molar refractivity (Wildman–Crippen MR) is 107 cm³/mol. The molecule has 4 aromatic rings. The standard InChI is InChI=1S/C20H20N4O3S/c1-2-27-15(25)11-24-19(26)18-17(22-9-5-6-10-22)16-13-7-3-4-8-14(13)28-20(16)23(18)12-21-24/h5-6,9-10,12H,2-4,7-8,11H2,1H3. The second kappa shape index (κ2) is 6.63. The molecular weight excluding hydrogens is 376 g/mol. The maximum absolute atomic E-state index is 13.3. The number of carbonyl (C=O) groups excluding carboxylic acids is 1. The number of hydrogen-bond donors (Lipinski definition) is 0. The number of aromatic nitrogens is 4. The number of thiophene rings is 1. The maximum Gasteiger partial charge on any atom is 0.327 e. The highest BCUT2D eigenvalue weighted by Gasteiger charge is 2.26. The second-order valence-electron chi connectivity index (χ2n) is 6.95. The maximum atomic E-state index is 13.3. The number of ether oxygens (including phenoxy) is 1. The Kier molecular flexibility index (Phi) is 4.08. The molecule has 0 aromatic carbocycles. The third kappa shape index (κ3) is 2.51. The summed E-state index contributed by atoms with van der Waals surface area (Å²) in [5.74, 6) is -0.463. The molecule has 144 valence electrons. The fourth-order valence-corrected chi connectivity index (χ4v) is 5.44. The van der Waals surface area contributed by atoms with Crippen LogP contribution in [0.25, 0.3) is 21.4 Å². The zero-order valence-electron chi connectivity index (χ0n) is 15.6. The van der Waals surface area contributed by atoms with Crippen LogP contribution >= 0.6 is 11.3 Å². The quantitative estimate of drug-likeness (QED) is 0.497. The first kappa shape index (κ1) is 17.2. The molecule has 4 aromatic heterocycles. The van der Waals surface area contributed by atoms with Crippen LogP contribution in [0.2, 0.25) is 0 Å². The van der Waals surface area contributed by atoms with E-state index in [0.29, 0.717) is 5.52 Å². The van der Waals surface area contributed by atoms with Gasteiger partial charge in [0.15, 0.2) is 0 Å². The van der Waals surface area contributed by atoms with Gasteiger partial charge in [-0.15, -0.1) is 11.3 Å². The van der Waals surface area contributed by atoms with E-state index in [9.17, 15) is 9.59 Å². The number of hydrogen-bond acceptors (Lipinski definition) is 5. The first-order valence-corrected chi connectivity index (χ1v) is 10.3. The summed E-state index contributed by atoms with van der Waals surface area (Å²) in [6.45, 7) is 1.83. The van der Waals surface area contributed by atoms with Crippen LogP contribution in [0, 0.1) is 0 Å². The van der Waals surface area contributed by atoms with E-state index in [4.69, 9.17) is 4.74 Å². The van der Waals surface area contributed by atoms with E-state index in [0.717, 1.165) is 28.7 Å². The van der Waals surface area contributed by atoms with Crippen LogP contribution in [0.1, 0.15) is 30.2 Å². The van der Waals surface area contributed by atoms with Crippen molar-refractivity contribution < 1.29 is 9.53 Å². The monoisotopic (exact) mass is 396 g/mol. The summed E-state index contributed by atoms with van der Waals surface area (Å²) < 4.78 is 10.1. The average molecular weight is 396 g/mol. The number of esters is 1. The van der Waals surface area contributed by atoms with Gasteiger partial charge in [0.05, 0.1) is 12.3 Å². The third-order valence-corrected chi connectivity index (χ3v) is 6.55. The highest BCUT2D eigenvalue weighted by molar-refractivity contribution is 7.19. The van der Waals surface area contributed by atoms with Crippen LogP contribution in [-0.4, -0.2) is 31.3 Å². The van der Waals surface area contributed by atoms with E-state index in [1.54, 1.807) is 24.6 Å². The molecule has 0 bridgehead atoms. The lowest BCUT2D eigenvalue weighted by molar-refractivity contribution is -0.144. The molecule has 28 heavy (non-hydrogen) atoms. The van der Waals surface area contributed by atoms with Gasteiger partial charge in [-0.1, -0.05) is 0 Å². The number of nitrogens with zero attached hydrogens (tertiary/aromatic N) is 4. The third-order valence-electron chi connectivity index (χ3n) is 5.26. The molecule has 0 amide bonds. The minimum atomic E-state index is -0.463. The van der Waals surface area contributed by atoms with Crippen LogP contribution in [-0.2, 0) is 28.9 Å². The number of aryl methyl sites for hydroxylation is 2. The molecule has 0 atom stereocenters. The highest BCUT2D eigenvalue weighted by Crippen LogP contribution is 2.41. The Labute approximate surface area is 164 Å². The average Bonchev–Trinajstić information content (AvgIpc) is 3.39. The fraction of sp³-hybridized carbons (Fsp3) is 0.350. The van der Waals surface area contributed by atoms with Crippen LogP contribution < -0.4 is 5.56 Å². The van der Waals surface area contributed by atoms with Crippen molar-refractivity contribution in [2.24, 2.45) is 0 Å². The minimum Gasteiger partial charge on any atom is -0.465 e. The molecule has 4 heterocycles. The normalized spacial score (nSPS) is 13.9. The molecule has 0 spiro atoms. The summed E-state index contributed by atoms with van der Waals surface area (Å²) in [6.07, 6.45) is 10.1. The van der Waals surface area contributed by atoms with Gasteiger partial charge in [0.2, 0.25) is 0 Å². The van der Waals surface area contributed by atoms with Gasteiger partial charge in [-0.25, -0.2) is 4.68 Å². The lowest BCUT2D eigenvalue weighted by Gasteiger charge is -2.12. The molecule has 1 aliphatic rings. The molecule has 1 aliphatic carbocycles. The summed E-state index contributed by atoms with van der Waals surface area (Å²) in [6, 6.07) is 3.90. The van der Waals surface area contributed by atoms with Crippen molar-refractivity contribution in [3.63, 3.8) is 0 Å². The minimum absolute atomic E-state index is 0.189. The van der Waals surface area contributed by atoms with Crippen molar-refractivity contribution in [1.29, 1.82) is 0 Å². The fourth-order valence-electron chi connectivity index (χ4n) is 4.08. The second-order valence-corrected chi connectivity index (χ2v) is 8.03. The Hall–Kier alpha value is -2.87. The Bertz CT molecular complexity index is 1250. The van der Waals surface area contributed by atoms with Crippen molar-refractivity contribution in [2.45, 2.75) is 39.2 Å². The van der Waals surface area contributed by atoms with E-state index in [-0.39, 0.29) is 18.7 Å². The van der Waals surface area contributed by atoms with Crippen molar-refractivity contribution in [3.8, 4) is 5.69 Å². The van der Waals surface area contributed by atoms with E-state index < -0.39 is 5.97 Å². The molecule has 7 nitrogen and oxygen atoms in total. The van der Waals surface area contributed by atoms with Gasteiger partial charge < -0.3 is 9.30 Å². The largest absolute Gasteiger partial charge is 0.465 e. The Morgan fingerprint density at radius 2 is 2.04 bits per heavy atom. The molecule has 5 rings (SSSR count). The number of rotatable bonds is 4.